The van der Waals surface area contributed by atoms with Gasteiger partial charge in [0.1, 0.15) is 11.3 Å². The summed E-state index contributed by atoms with van der Waals surface area (Å²) in [5.74, 6) is 0.976. The number of hydrogen-bond donors (Lipinski definition) is 2. The Hall–Kier alpha value is -1.62. The van der Waals surface area contributed by atoms with Crippen LogP contribution in [0.3, 0.4) is 0 Å². The van der Waals surface area contributed by atoms with Crippen LogP contribution in [0, 0.1) is 0 Å². The third kappa shape index (κ3) is 1.55. The molecule has 0 amide bonds. The second-order valence-corrected chi connectivity index (χ2v) is 3.68. The van der Waals surface area contributed by atoms with Crippen LogP contribution in [0.2, 0.25) is 0 Å². The molecule has 5 nitrogen and oxygen atoms in total. The maximum absolute atomic E-state index is 4.56. The van der Waals surface area contributed by atoms with Crippen molar-refractivity contribution in [1.82, 2.24) is 20.3 Å². The van der Waals surface area contributed by atoms with Crippen molar-refractivity contribution < 1.29 is 0 Å². The number of piperazine rings is 1. The summed E-state index contributed by atoms with van der Waals surface area (Å²) in [5, 5.41) is 3.32. The van der Waals surface area contributed by atoms with E-state index in [9.17, 15) is 0 Å². The van der Waals surface area contributed by atoms with Gasteiger partial charge < -0.3 is 15.2 Å². The second kappa shape index (κ2) is 3.51. The SMILES string of the molecule is c1cc2nc(N3CCNCC3)cnc2[nH]1. The first-order chi connectivity index (χ1) is 7.43. The lowest BCUT2D eigenvalue weighted by molar-refractivity contribution is 0.585. The average Bonchev–Trinajstić information content (AvgIpc) is 2.77. The average molecular weight is 203 g/mol. The summed E-state index contributed by atoms with van der Waals surface area (Å²) in [6, 6.07) is 1.95. The molecule has 1 aliphatic heterocycles. The minimum atomic E-state index is 0.855. The second-order valence-electron chi connectivity index (χ2n) is 3.68. The molecular formula is C10H13N5. The maximum atomic E-state index is 4.56. The number of nitrogens with one attached hydrogen (secondary N) is 2. The lowest BCUT2D eigenvalue weighted by Gasteiger charge is -2.27. The molecule has 2 N–H and O–H groups in total. The van der Waals surface area contributed by atoms with Crippen LogP contribution in [0.5, 0.6) is 0 Å². The van der Waals surface area contributed by atoms with Gasteiger partial charge in [0.2, 0.25) is 0 Å². The van der Waals surface area contributed by atoms with Crippen molar-refractivity contribution in [1.29, 1.82) is 0 Å². The molecular weight excluding hydrogens is 190 g/mol. The third-order valence-corrected chi connectivity index (χ3v) is 2.69. The van der Waals surface area contributed by atoms with Crippen LogP contribution < -0.4 is 10.2 Å². The van der Waals surface area contributed by atoms with E-state index in [1.807, 2.05) is 18.5 Å². The van der Waals surface area contributed by atoms with Crippen molar-refractivity contribution in [3.05, 3.63) is 18.5 Å². The number of rotatable bonds is 1. The van der Waals surface area contributed by atoms with E-state index >= 15 is 0 Å². The highest BCUT2D eigenvalue weighted by Crippen LogP contribution is 2.14. The van der Waals surface area contributed by atoms with Gasteiger partial charge in [0, 0.05) is 32.4 Å². The molecule has 0 atom stereocenters. The summed E-state index contributed by atoms with van der Waals surface area (Å²) >= 11 is 0. The fourth-order valence-electron chi connectivity index (χ4n) is 1.87. The number of H-pyrrole nitrogens is 1. The molecule has 1 fully saturated rings. The highest BCUT2D eigenvalue weighted by molar-refractivity contribution is 5.71. The molecule has 78 valence electrons. The predicted molar refractivity (Wildman–Crippen MR) is 59.0 cm³/mol. The Labute approximate surface area is 87.5 Å². The third-order valence-electron chi connectivity index (χ3n) is 2.69. The van der Waals surface area contributed by atoms with E-state index in [1.165, 1.54) is 0 Å². The van der Waals surface area contributed by atoms with Crippen molar-refractivity contribution in [2.24, 2.45) is 0 Å². The quantitative estimate of drug-likeness (QED) is 0.703. The molecule has 0 radical (unpaired) electrons. The maximum Gasteiger partial charge on any atom is 0.156 e. The summed E-state index contributed by atoms with van der Waals surface area (Å²) in [7, 11) is 0. The van der Waals surface area contributed by atoms with Crippen molar-refractivity contribution in [2.75, 3.05) is 31.1 Å². The van der Waals surface area contributed by atoms with Gasteiger partial charge in [0.25, 0.3) is 0 Å². The molecule has 0 aliphatic carbocycles. The first-order valence-corrected chi connectivity index (χ1v) is 5.19. The first-order valence-electron chi connectivity index (χ1n) is 5.19. The molecule has 0 aromatic carbocycles. The molecule has 0 saturated carbocycles. The van der Waals surface area contributed by atoms with Gasteiger partial charge >= 0.3 is 0 Å². The van der Waals surface area contributed by atoms with E-state index in [-0.39, 0.29) is 0 Å². The van der Waals surface area contributed by atoms with Gasteiger partial charge in [-0.1, -0.05) is 0 Å². The highest BCUT2D eigenvalue weighted by atomic mass is 15.2. The van der Waals surface area contributed by atoms with E-state index in [1.54, 1.807) is 0 Å². The standard InChI is InChI=1S/C10H13N5/c1-2-12-10-8(1)14-9(7-13-10)15-5-3-11-4-6-15/h1-2,7,11H,3-6H2,(H,12,13). The van der Waals surface area contributed by atoms with Crippen LogP contribution >= 0.6 is 0 Å². The zero-order valence-electron chi connectivity index (χ0n) is 8.40. The summed E-state index contributed by atoms with van der Waals surface area (Å²) < 4.78 is 0. The Morgan fingerprint density at radius 3 is 3.00 bits per heavy atom. The Kier molecular flexibility index (Phi) is 2.03. The monoisotopic (exact) mass is 203 g/mol. The molecule has 2 aromatic rings. The van der Waals surface area contributed by atoms with E-state index in [0.717, 1.165) is 43.2 Å². The van der Waals surface area contributed by atoms with Gasteiger partial charge in [0.05, 0.1) is 6.20 Å². The number of nitrogens with zero attached hydrogens (tertiary/aromatic N) is 3. The van der Waals surface area contributed by atoms with Crippen LogP contribution in [0.25, 0.3) is 11.2 Å². The highest BCUT2D eigenvalue weighted by Gasteiger charge is 2.12. The molecule has 3 rings (SSSR count). The van der Waals surface area contributed by atoms with E-state index in [2.05, 4.69) is 25.2 Å². The lowest BCUT2D eigenvalue weighted by atomic mass is 10.3. The zero-order chi connectivity index (χ0) is 10.1. The fraction of sp³-hybridized carbons (Fsp3) is 0.400. The lowest BCUT2D eigenvalue weighted by Crippen LogP contribution is -2.43. The van der Waals surface area contributed by atoms with Crippen LogP contribution in [-0.2, 0) is 0 Å². The molecule has 0 spiro atoms. The summed E-state index contributed by atoms with van der Waals surface area (Å²) in [6.07, 6.45) is 3.70. The van der Waals surface area contributed by atoms with Gasteiger partial charge in [-0.3, -0.25) is 0 Å². The minimum absolute atomic E-state index is 0.855. The zero-order valence-corrected chi connectivity index (χ0v) is 8.40. The number of fused-ring (bicyclic) bond motifs is 1. The molecule has 0 bridgehead atoms. The van der Waals surface area contributed by atoms with E-state index in [4.69, 9.17) is 0 Å². The normalized spacial score (nSPS) is 17.2. The first kappa shape index (κ1) is 8.67. The van der Waals surface area contributed by atoms with Crippen molar-refractivity contribution >= 4 is 17.0 Å². The summed E-state index contributed by atoms with van der Waals surface area (Å²) in [5.41, 5.74) is 1.79. The van der Waals surface area contributed by atoms with Crippen LogP contribution in [0.1, 0.15) is 0 Å². The Morgan fingerprint density at radius 2 is 2.13 bits per heavy atom. The molecule has 1 saturated heterocycles. The van der Waals surface area contributed by atoms with Crippen LogP contribution in [0.4, 0.5) is 5.82 Å². The fourth-order valence-corrected chi connectivity index (χ4v) is 1.87. The molecule has 3 heterocycles. The smallest absolute Gasteiger partial charge is 0.156 e. The number of anilines is 1. The van der Waals surface area contributed by atoms with Crippen LogP contribution in [-0.4, -0.2) is 41.1 Å². The van der Waals surface area contributed by atoms with Crippen molar-refractivity contribution in [3.63, 3.8) is 0 Å². The van der Waals surface area contributed by atoms with Gasteiger partial charge in [0.15, 0.2) is 5.65 Å². The molecule has 2 aromatic heterocycles. The predicted octanol–water partition coefficient (Wildman–Crippen LogP) is 0.367. The van der Waals surface area contributed by atoms with Gasteiger partial charge in [-0.25, -0.2) is 9.97 Å². The van der Waals surface area contributed by atoms with E-state index in [0.29, 0.717) is 0 Å². The Balaban J connectivity index is 1.95. The largest absolute Gasteiger partial charge is 0.353 e. The number of aromatic amines is 1. The Bertz CT molecular complexity index is 458. The van der Waals surface area contributed by atoms with Crippen LogP contribution in [0.15, 0.2) is 18.5 Å². The van der Waals surface area contributed by atoms with Gasteiger partial charge in [-0.05, 0) is 6.07 Å². The number of aromatic nitrogens is 3. The molecule has 5 heteroatoms. The van der Waals surface area contributed by atoms with Crippen molar-refractivity contribution in [2.45, 2.75) is 0 Å². The molecule has 1 aliphatic rings. The molecule has 0 unspecified atom stereocenters. The summed E-state index contributed by atoms with van der Waals surface area (Å²) in [6.45, 7) is 4.05. The Morgan fingerprint density at radius 1 is 1.27 bits per heavy atom. The van der Waals surface area contributed by atoms with Crippen molar-refractivity contribution in [3.8, 4) is 0 Å². The minimum Gasteiger partial charge on any atom is -0.353 e. The van der Waals surface area contributed by atoms with E-state index < -0.39 is 0 Å². The van der Waals surface area contributed by atoms with Gasteiger partial charge in [-0.2, -0.15) is 0 Å². The molecule has 15 heavy (non-hydrogen) atoms. The van der Waals surface area contributed by atoms with Gasteiger partial charge in [-0.15, -0.1) is 0 Å². The summed E-state index contributed by atoms with van der Waals surface area (Å²) in [4.78, 5) is 14.2. The topological polar surface area (TPSA) is 56.8 Å². The number of hydrogen-bond acceptors (Lipinski definition) is 4.